The van der Waals surface area contributed by atoms with Crippen LogP contribution in [-0.2, 0) is 28.8 Å². The zero-order valence-electron chi connectivity index (χ0n) is 13.9. The second kappa shape index (κ2) is 34.7. The summed E-state index contributed by atoms with van der Waals surface area (Å²) in [5.41, 5.74) is 0. The van der Waals surface area contributed by atoms with Gasteiger partial charge in [-0.3, -0.25) is 0 Å². The molecule has 18 heteroatoms. The summed E-state index contributed by atoms with van der Waals surface area (Å²) in [6, 6.07) is 0. The molecule has 0 saturated carbocycles. The van der Waals surface area contributed by atoms with Crippen molar-refractivity contribution in [3.05, 3.63) is 0 Å². The average Bonchev–Trinajstić information content (AvgIpc) is 2.18. The van der Waals surface area contributed by atoms with E-state index in [2.05, 4.69) is 0 Å². The van der Waals surface area contributed by atoms with Crippen LogP contribution in [0.25, 0.3) is 0 Å². The number of hydrogen-bond acceptors (Lipinski definition) is 12. The second-order valence-corrected chi connectivity index (χ2v) is 1.72. The van der Waals surface area contributed by atoms with Gasteiger partial charge in [0.1, 0.15) is 0 Å². The summed E-state index contributed by atoms with van der Waals surface area (Å²) in [5.74, 6) is -13.1. The molecule has 0 aromatic carbocycles. The van der Waals surface area contributed by atoms with Crippen molar-refractivity contribution in [1.82, 2.24) is 0 Å². The summed E-state index contributed by atoms with van der Waals surface area (Å²) >= 11 is 0. The molecule has 0 N–H and O–H groups in total. The molecule has 0 rings (SSSR count). The molecule has 0 radical (unpaired) electrons. The predicted molar refractivity (Wildman–Crippen MR) is 30.0 cm³/mol. The fourth-order valence-corrected chi connectivity index (χ4v) is 0. The van der Waals surface area contributed by atoms with E-state index in [0.717, 1.165) is 0 Å². The summed E-state index contributed by atoms with van der Waals surface area (Å²) in [6.45, 7) is 0. The molecule has 0 heterocycles. The van der Waals surface area contributed by atoms with Gasteiger partial charge in [0.2, 0.25) is 0 Å². The Balaban J connectivity index is -0.0000000179. The van der Waals surface area contributed by atoms with Crippen LogP contribution in [0.3, 0.4) is 0 Å². The Morgan fingerprint density at radius 2 is 0.333 bits per heavy atom. The van der Waals surface area contributed by atoms with Crippen molar-refractivity contribution in [2.24, 2.45) is 0 Å². The van der Waals surface area contributed by atoms with Crippen molar-refractivity contribution in [1.29, 1.82) is 0 Å². The number of carbonyl (C=O) groups excluding carboxylic acids is 6. The van der Waals surface area contributed by atoms with Gasteiger partial charge in [0.05, 0.1) is 35.8 Å². The topological polar surface area (TPSA) is 241 Å². The maximum absolute atomic E-state index is 8.93. The zero-order chi connectivity index (χ0) is 15.5. The van der Waals surface area contributed by atoms with Crippen LogP contribution in [0, 0.1) is 0 Å². The van der Waals surface area contributed by atoms with E-state index >= 15 is 0 Å². The van der Waals surface area contributed by atoms with E-state index in [1.54, 1.807) is 0 Å². The molecule has 0 aromatic rings. The van der Waals surface area contributed by atoms with E-state index < -0.39 is 35.8 Å². The van der Waals surface area contributed by atoms with Crippen LogP contribution >= 0.6 is 0 Å². The fourth-order valence-electron chi connectivity index (χ4n) is 0. The summed E-state index contributed by atoms with van der Waals surface area (Å²) < 4.78 is 0. The summed E-state index contributed by atoms with van der Waals surface area (Å²) in [7, 11) is 0. The molecule has 0 fully saturated rings. The smallest absolute Gasteiger partial charge is 0.543 e. The molecular weight excluding hydrogens is 306 g/mol. The molecule has 12 nitrogen and oxygen atoms in total. The van der Waals surface area contributed by atoms with Crippen molar-refractivity contribution < 1.29 is 173 Å². The van der Waals surface area contributed by atoms with Gasteiger partial charge in [0.15, 0.2) is 0 Å². The molecule has 0 aliphatic carbocycles. The molecular formula is C6Li6O12. The minimum absolute atomic E-state index is 0. The number of rotatable bonds is 0. The predicted octanol–water partition coefficient (Wildman–Crippen LogP) is -28.5. The first-order valence-electron chi connectivity index (χ1n) is 3.20. The Morgan fingerprint density at radius 1 is 0.292 bits per heavy atom. The number of hydrogen-bond donors (Lipinski definition) is 0. The van der Waals surface area contributed by atoms with Gasteiger partial charge < -0.3 is 59.4 Å². The third-order valence-electron chi connectivity index (χ3n) is 0.500. The number of carboxylic acid groups (broad SMARTS) is 6. The van der Waals surface area contributed by atoms with Gasteiger partial charge in [0.25, 0.3) is 0 Å². The van der Waals surface area contributed by atoms with Gasteiger partial charge in [-0.25, -0.2) is 0 Å². The average molecular weight is 306 g/mol. The SMILES string of the molecule is O=C([O-])C(=O)[O-].O=C([O-])C(=O)[O-].O=C([O-])C(=O)[O-].[Li+].[Li+].[Li+].[Li+].[Li+].[Li+]. The quantitative estimate of drug-likeness (QED) is 0.299. The second-order valence-electron chi connectivity index (χ2n) is 1.72. The normalized spacial score (nSPS) is 5.50. The van der Waals surface area contributed by atoms with Crippen LogP contribution in [0.5, 0.6) is 0 Å². The maximum atomic E-state index is 8.93. The largest absolute Gasteiger partial charge is 1.00 e. The summed E-state index contributed by atoms with van der Waals surface area (Å²) in [6.07, 6.45) is 0. The van der Waals surface area contributed by atoms with Crippen LogP contribution < -0.4 is 144 Å². The zero-order valence-corrected chi connectivity index (χ0v) is 13.9. The van der Waals surface area contributed by atoms with E-state index in [1.165, 1.54) is 0 Å². The van der Waals surface area contributed by atoms with Crippen molar-refractivity contribution in [3.63, 3.8) is 0 Å². The minimum Gasteiger partial charge on any atom is -0.543 e. The molecule has 0 spiro atoms. The third kappa shape index (κ3) is 66.7. The van der Waals surface area contributed by atoms with Crippen molar-refractivity contribution in [2.75, 3.05) is 0 Å². The molecule has 0 atom stereocenters. The van der Waals surface area contributed by atoms with Gasteiger partial charge in [-0.2, -0.15) is 0 Å². The fraction of sp³-hybridized carbons (Fsp3) is 0. The molecule has 102 valence electrons. The van der Waals surface area contributed by atoms with Gasteiger partial charge in [-0.15, -0.1) is 0 Å². The first-order chi connectivity index (χ1) is 7.93. The molecule has 0 aromatic heterocycles. The number of carbonyl (C=O) groups is 6. The third-order valence-corrected chi connectivity index (χ3v) is 0.500. The van der Waals surface area contributed by atoms with Crippen molar-refractivity contribution in [2.45, 2.75) is 0 Å². The first-order valence-corrected chi connectivity index (χ1v) is 3.20. The molecule has 0 bridgehead atoms. The summed E-state index contributed by atoms with van der Waals surface area (Å²) in [5, 5.41) is 53.6. The van der Waals surface area contributed by atoms with Crippen LogP contribution in [0.15, 0.2) is 0 Å². The summed E-state index contributed by atoms with van der Waals surface area (Å²) in [4.78, 5) is 53.6. The van der Waals surface area contributed by atoms with Gasteiger partial charge >= 0.3 is 113 Å². The van der Waals surface area contributed by atoms with E-state index in [4.69, 9.17) is 59.4 Å². The van der Waals surface area contributed by atoms with Gasteiger partial charge in [-0.05, 0) is 0 Å². The minimum atomic E-state index is -2.19. The molecule has 0 amide bonds. The van der Waals surface area contributed by atoms with E-state index in [9.17, 15) is 0 Å². The molecule has 24 heavy (non-hydrogen) atoms. The monoisotopic (exact) mass is 306 g/mol. The van der Waals surface area contributed by atoms with E-state index in [1.807, 2.05) is 0 Å². The van der Waals surface area contributed by atoms with Crippen LogP contribution in [0.2, 0.25) is 0 Å². The Bertz CT molecular complexity index is 291. The number of aliphatic carboxylic acids is 6. The molecule has 0 unspecified atom stereocenters. The van der Waals surface area contributed by atoms with Gasteiger partial charge in [0, 0.05) is 0 Å². The van der Waals surface area contributed by atoms with Crippen molar-refractivity contribution in [3.8, 4) is 0 Å². The van der Waals surface area contributed by atoms with E-state index in [0.29, 0.717) is 0 Å². The Morgan fingerprint density at radius 3 is 0.333 bits per heavy atom. The Hall–Kier alpha value is 0.404. The van der Waals surface area contributed by atoms with Crippen LogP contribution in [0.1, 0.15) is 0 Å². The van der Waals surface area contributed by atoms with Crippen molar-refractivity contribution >= 4 is 35.8 Å². The molecule has 0 saturated heterocycles. The number of carboxylic acids is 6. The Labute approximate surface area is 206 Å². The molecule has 0 aliphatic rings. The molecule has 0 aliphatic heterocycles. The maximum Gasteiger partial charge on any atom is 1.00 e. The van der Waals surface area contributed by atoms with Crippen LogP contribution in [0.4, 0.5) is 0 Å². The first kappa shape index (κ1) is 56.3. The standard InChI is InChI=1S/3C2H2O4.6Li/c3*3-1(4)2(5)6;;;;;;/h3*(H,3,4)(H,5,6);;;;;;/q;;;6*+1/p-6. The van der Waals surface area contributed by atoms with E-state index in [-0.39, 0.29) is 113 Å². The Kier molecular flexibility index (Phi) is 81.4. The van der Waals surface area contributed by atoms with Crippen LogP contribution in [-0.4, -0.2) is 35.8 Å². The van der Waals surface area contributed by atoms with Gasteiger partial charge in [-0.1, -0.05) is 0 Å².